The number of aryl methyl sites for hydroxylation is 2. The quantitative estimate of drug-likeness (QED) is 0.483. The number of hydrogen-bond donors (Lipinski definition) is 0. The summed E-state index contributed by atoms with van der Waals surface area (Å²) in [6, 6.07) is 0. The molecular weight excluding hydrogens is 90.1 g/mol. The molecule has 0 saturated carbocycles. The third-order valence-electron chi connectivity index (χ3n) is 0.672. The number of hydrogen-bond acceptors (Lipinski definition) is 2. The van der Waals surface area contributed by atoms with Crippen molar-refractivity contribution in [2.45, 2.75) is 13.8 Å². The highest BCUT2D eigenvalue weighted by Gasteiger charge is 1.89. The fourth-order valence-corrected chi connectivity index (χ4v) is 0.430. The Morgan fingerprint density at radius 1 is 1.57 bits per heavy atom. The first-order valence-electron chi connectivity index (χ1n) is 2.11. The minimum Gasteiger partial charge on any atom is -0.437 e. The van der Waals surface area contributed by atoms with E-state index < -0.39 is 0 Å². The van der Waals surface area contributed by atoms with Crippen molar-refractivity contribution in [1.29, 1.82) is 0 Å². The third-order valence-corrected chi connectivity index (χ3v) is 0.672. The zero-order chi connectivity index (χ0) is 5.28. The summed E-state index contributed by atoms with van der Waals surface area (Å²) < 4.78 is 4.73. The first kappa shape index (κ1) is 4.37. The molecule has 0 spiro atoms. The van der Waals surface area contributed by atoms with E-state index in [4.69, 9.17) is 4.42 Å². The smallest absolute Gasteiger partial charge is 0.194 e. The molecule has 2 nitrogen and oxygen atoms in total. The van der Waals surface area contributed by atoms with Gasteiger partial charge in [0.15, 0.2) is 12.2 Å². The fraction of sp³-hybridized carbons (Fsp3) is 0.400. The first-order valence-corrected chi connectivity index (χ1v) is 2.11. The van der Waals surface area contributed by atoms with Crippen molar-refractivity contribution in [2.24, 2.45) is 0 Å². The van der Waals surface area contributed by atoms with Gasteiger partial charge in [-0.05, 0) is 6.92 Å². The van der Waals surface area contributed by atoms with Gasteiger partial charge in [-0.1, -0.05) is 0 Å². The third kappa shape index (κ3) is 0.796. The van der Waals surface area contributed by atoms with E-state index in [1.54, 1.807) is 6.92 Å². The molecule has 1 rings (SSSR count). The molecule has 0 bridgehead atoms. The molecule has 0 aliphatic heterocycles. The van der Waals surface area contributed by atoms with Gasteiger partial charge in [-0.25, -0.2) is 4.98 Å². The minimum atomic E-state index is 0.678. The lowest BCUT2D eigenvalue weighted by Crippen LogP contribution is -1.67. The highest BCUT2D eigenvalue weighted by atomic mass is 16.3. The van der Waals surface area contributed by atoms with E-state index in [-0.39, 0.29) is 0 Å². The topological polar surface area (TPSA) is 26.0 Å². The minimum absolute atomic E-state index is 0.678. The van der Waals surface area contributed by atoms with Crippen molar-refractivity contribution in [2.75, 3.05) is 0 Å². The molecule has 0 amide bonds. The van der Waals surface area contributed by atoms with Gasteiger partial charge in [-0.3, -0.25) is 0 Å². The van der Waals surface area contributed by atoms with Crippen molar-refractivity contribution in [3.8, 4) is 0 Å². The maximum absolute atomic E-state index is 4.73. The van der Waals surface area contributed by atoms with E-state index in [9.17, 15) is 0 Å². The summed E-state index contributed by atoms with van der Waals surface area (Å²) in [5.74, 6) is 0.678. The average molecular weight is 96.1 g/mol. The highest BCUT2D eigenvalue weighted by molar-refractivity contribution is 4.88. The molecule has 0 saturated heterocycles. The second-order valence-corrected chi connectivity index (χ2v) is 1.42. The molecule has 1 radical (unpaired) electrons. The zero-order valence-corrected chi connectivity index (χ0v) is 4.36. The molecular formula is C5H6NO. The lowest BCUT2D eigenvalue weighted by Gasteiger charge is -1.68. The molecule has 37 valence electrons. The SMILES string of the molecule is Cc1[c]oc(C)n1. The largest absolute Gasteiger partial charge is 0.437 e. The zero-order valence-electron chi connectivity index (χ0n) is 4.36. The Balaban J connectivity index is 3.04. The Hall–Kier alpha value is -0.790. The van der Waals surface area contributed by atoms with E-state index in [1.165, 1.54) is 0 Å². The van der Waals surface area contributed by atoms with Crippen molar-refractivity contribution >= 4 is 0 Å². The van der Waals surface area contributed by atoms with E-state index in [2.05, 4.69) is 11.2 Å². The van der Waals surface area contributed by atoms with Gasteiger partial charge in [0, 0.05) is 6.92 Å². The molecule has 1 aromatic heterocycles. The van der Waals surface area contributed by atoms with Crippen LogP contribution in [0.2, 0.25) is 0 Å². The van der Waals surface area contributed by atoms with Crippen LogP contribution >= 0.6 is 0 Å². The van der Waals surface area contributed by atoms with Gasteiger partial charge in [0.1, 0.15) is 0 Å². The maximum atomic E-state index is 4.73. The van der Waals surface area contributed by atoms with Gasteiger partial charge < -0.3 is 4.42 Å². The fourth-order valence-electron chi connectivity index (χ4n) is 0.430. The van der Waals surface area contributed by atoms with Crippen LogP contribution in [0.5, 0.6) is 0 Å². The summed E-state index contributed by atoms with van der Waals surface area (Å²) in [7, 11) is 0. The Morgan fingerprint density at radius 2 is 2.29 bits per heavy atom. The maximum Gasteiger partial charge on any atom is 0.194 e. The summed E-state index contributed by atoms with van der Waals surface area (Å²) in [5.41, 5.74) is 0.817. The Labute approximate surface area is 42.2 Å². The second-order valence-electron chi connectivity index (χ2n) is 1.42. The number of oxazole rings is 1. The van der Waals surface area contributed by atoms with Crippen LogP contribution < -0.4 is 0 Å². The van der Waals surface area contributed by atoms with Gasteiger partial charge in [-0.15, -0.1) is 0 Å². The summed E-state index contributed by atoms with van der Waals surface area (Å²) in [6.07, 6.45) is 2.58. The van der Waals surface area contributed by atoms with Crippen LogP contribution in [0.1, 0.15) is 11.6 Å². The second kappa shape index (κ2) is 1.37. The van der Waals surface area contributed by atoms with Gasteiger partial charge in [0.25, 0.3) is 0 Å². The summed E-state index contributed by atoms with van der Waals surface area (Å²) in [4.78, 5) is 3.89. The lowest BCUT2D eigenvalue weighted by molar-refractivity contribution is 0.513. The summed E-state index contributed by atoms with van der Waals surface area (Å²) in [6.45, 7) is 3.64. The molecule has 0 fully saturated rings. The Kier molecular flexibility index (Phi) is 0.855. The molecule has 0 aromatic carbocycles. The van der Waals surface area contributed by atoms with Gasteiger partial charge >= 0.3 is 0 Å². The lowest BCUT2D eigenvalue weighted by atomic mass is 10.6. The number of rotatable bonds is 0. The van der Waals surface area contributed by atoms with E-state index in [1.807, 2.05) is 6.92 Å². The molecule has 0 atom stereocenters. The Morgan fingerprint density at radius 3 is 2.43 bits per heavy atom. The molecule has 0 N–H and O–H groups in total. The van der Waals surface area contributed by atoms with Crippen molar-refractivity contribution in [3.63, 3.8) is 0 Å². The molecule has 0 unspecified atom stereocenters. The highest BCUT2D eigenvalue weighted by Crippen LogP contribution is 1.94. The van der Waals surface area contributed by atoms with Crippen LogP contribution in [0.25, 0.3) is 0 Å². The predicted molar refractivity (Wildman–Crippen MR) is 24.8 cm³/mol. The summed E-state index contributed by atoms with van der Waals surface area (Å²) in [5, 5.41) is 0. The van der Waals surface area contributed by atoms with Gasteiger partial charge in [0.2, 0.25) is 0 Å². The summed E-state index contributed by atoms with van der Waals surface area (Å²) >= 11 is 0. The van der Waals surface area contributed by atoms with Crippen LogP contribution in [0, 0.1) is 20.1 Å². The molecule has 7 heavy (non-hydrogen) atoms. The first-order chi connectivity index (χ1) is 3.29. The molecule has 1 heterocycles. The monoisotopic (exact) mass is 96.0 g/mol. The molecule has 0 aliphatic rings. The Bertz CT molecular complexity index is 140. The van der Waals surface area contributed by atoms with E-state index >= 15 is 0 Å². The van der Waals surface area contributed by atoms with E-state index in [0.29, 0.717) is 5.89 Å². The van der Waals surface area contributed by atoms with Crippen LogP contribution in [-0.4, -0.2) is 4.98 Å². The standard InChI is InChI=1S/C5H6NO/c1-4-3-7-5(2)6-4/h1-2H3. The average Bonchev–Trinajstić information content (AvgIpc) is 1.87. The van der Waals surface area contributed by atoms with Gasteiger partial charge in [-0.2, -0.15) is 0 Å². The van der Waals surface area contributed by atoms with Crippen LogP contribution in [0.3, 0.4) is 0 Å². The van der Waals surface area contributed by atoms with Crippen LogP contribution in [0.4, 0.5) is 0 Å². The molecule has 2 heteroatoms. The molecule has 1 aromatic rings. The van der Waals surface area contributed by atoms with Gasteiger partial charge in [0.05, 0.1) is 5.69 Å². The van der Waals surface area contributed by atoms with Crippen molar-refractivity contribution in [1.82, 2.24) is 4.98 Å². The number of aromatic nitrogens is 1. The normalized spacial score (nSPS) is 9.43. The molecule has 0 aliphatic carbocycles. The predicted octanol–water partition coefficient (Wildman–Crippen LogP) is 1.09. The van der Waals surface area contributed by atoms with Crippen molar-refractivity contribution in [3.05, 3.63) is 17.8 Å². The van der Waals surface area contributed by atoms with E-state index in [0.717, 1.165) is 5.69 Å². The van der Waals surface area contributed by atoms with Crippen molar-refractivity contribution < 1.29 is 4.42 Å². The van der Waals surface area contributed by atoms with Crippen LogP contribution in [0.15, 0.2) is 4.42 Å². The number of nitrogens with zero attached hydrogens (tertiary/aromatic N) is 1. The van der Waals surface area contributed by atoms with Crippen LogP contribution in [-0.2, 0) is 0 Å².